The predicted molar refractivity (Wildman–Crippen MR) is 105 cm³/mol. The van der Waals surface area contributed by atoms with Gasteiger partial charge in [-0.3, -0.25) is 14.4 Å². The number of nitrogens with zero attached hydrogens (tertiary/aromatic N) is 1. The van der Waals surface area contributed by atoms with E-state index in [-0.39, 0.29) is 11.8 Å². The Hall–Kier alpha value is -3.35. The fourth-order valence-electron chi connectivity index (χ4n) is 2.94. The smallest absolute Gasteiger partial charge is 0.248 e. The molecule has 1 unspecified atom stereocenters. The van der Waals surface area contributed by atoms with Gasteiger partial charge >= 0.3 is 0 Å². The van der Waals surface area contributed by atoms with E-state index in [4.69, 9.17) is 5.73 Å². The second-order valence-corrected chi connectivity index (χ2v) is 6.49. The lowest BCUT2D eigenvalue weighted by Crippen LogP contribution is -2.31. The van der Waals surface area contributed by atoms with Gasteiger partial charge in [0.05, 0.1) is 0 Å². The van der Waals surface area contributed by atoms with Gasteiger partial charge in [0.25, 0.3) is 0 Å². The molecule has 27 heavy (non-hydrogen) atoms. The van der Waals surface area contributed by atoms with Crippen LogP contribution < -0.4 is 21.3 Å². The first-order valence-electron chi connectivity index (χ1n) is 8.82. The summed E-state index contributed by atoms with van der Waals surface area (Å²) in [6, 6.07) is 13.4. The molecule has 1 atom stereocenters. The summed E-state index contributed by atoms with van der Waals surface area (Å²) in [5.74, 6) is -0.576. The molecule has 4 N–H and O–H groups in total. The minimum absolute atomic E-state index is 0.144. The van der Waals surface area contributed by atoms with Crippen molar-refractivity contribution in [2.45, 2.75) is 25.8 Å². The third-order valence-electron chi connectivity index (χ3n) is 4.47. The van der Waals surface area contributed by atoms with Crippen LogP contribution >= 0.6 is 0 Å². The van der Waals surface area contributed by atoms with Crippen LogP contribution in [0.5, 0.6) is 0 Å². The Kier molecular flexibility index (Phi) is 5.40. The highest BCUT2D eigenvalue weighted by Gasteiger charge is 2.21. The maximum absolute atomic E-state index is 12.3. The molecule has 3 rings (SSSR count). The molecule has 7 nitrogen and oxygen atoms in total. The van der Waals surface area contributed by atoms with E-state index in [0.29, 0.717) is 17.7 Å². The van der Waals surface area contributed by atoms with E-state index in [1.54, 1.807) is 36.1 Å². The number of hydrogen-bond acceptors (Lipinski definition) is 4. The average molecular weight is 366 g/mol. The van der Waals surface area contributed by atoms with Crippen molar-refractivity contribution in [2.24, 2.45) is 5.73 Å². The number of amides is 3. The highest BCUT2D eigenvalue weighted by molar-refractivity contribution is 5.98. The molecular weight excluding hydrogens is 344 g/mol. The van der Waals surface area contributed by atoms with Crippen molar-refractivity contribution in [3.05, 3.63) is 54.1 Å². The maximum atomic E-state index is 12.3. The highest BCUT2D eigenvalue weighted by atomic mass is 16.2. The van der Waals surface area contributed by atoms with Gasteiger partial charge in [-0.1, -0.05) is 0 Å². The molecule has 7 heteroatoms. The Morgan fingerprint density at radius 3 is 2.22 bits per heavy atom. The molecular formula is C20H22N4O3. The molecule has 0 aromatic heterocycles. The maximum Gasteiger partial charge on any atom is 0.248 e. The Balaban J connectivity index is 1.57. The first-order chi connectivity index (χ1) is 12.9. The molecule has 2 aromatic carbocycles. The third-order valence-corrected chi connectivity index (χ3v) is 4.47. The van der Waals surface area contributed by atoms with Crippen molar-refractivity contribution >= 4 is 34.8 Å². The number of primary amides is 1. The SMILES string of the molecule is CC(Nc1ccc(N2CCCC2=O)cc1)C(=O)Nc1ccc(C(N)=O)cc1. The van der Waals surface area contributed by atoms with Crippen LogP contribution in [0.15, 0.2) is 48.5 Å². The zero-order valence-electron chi connectivity index (χ0n) is 15.1. The number of nitrogens with one attached hydrogen (secondary N) is 2. The molecule has 1 aliphatic rings. The summed E-state index contributed by atoms with van der Waals surface area (Å²) >= 11 is 0. The van der Waals surface area contributed by atoms with Gasteiger partial charge in [-0.05, 0) is 61.9 Å². The van der Waals surface area contributed by atoms with E-state index in [1.165, 1.54) is 0 Å². The summed E-state index contributed by atoms with van der Waals surface area (Å²) in [6.45, 7) is 2.50. The molecule has 1 fully saturated rings. The standard InChI is InChI=1S/C20H22N4O3/c1-13(20(27)23-16-6-4-14(5-7-16)19(21)26)22-15-8-10-17(11-9-15)24-12-2-3-18(24)25/h4-11,13,22H,2-3,12H2,1H3,(H2,21,26)(H,23,27). The van der Waals surface area contributed by atoms with Crippen LogP contribution in [0.3, 0.4) is 0 Å². The molecule has 1 heterocycles. The molecule has 1 aliphatic heterocycles. The van der Waals surface area contributed by atoms with Crippen molar-refractivity contribution in [1.29, 1.82) is 0 Å². The van der Waals surface area contributed by atoms with Crippen molar-refractivity contribution in [3.8, 4) is 0 Å². The van der Waals surface area contributed by atoms with Crippen LogP contribution in [0.4, 0.5) is 17.1 Å². The Labute approximate surface area is 157 Å². The minimum Gasteiger partial charge on any atom is -0.374 e. The van der Waals surface area contributed by atoms with Crippen molar-refractivity contribution in [2.75, 3.05) is 22.1 Å². The monoisotopic (exact) mass is 366 g/mol. The minimum atomic E-state index is -0.512. The number of carbonyl (C=O) groups excluding carboxylic acids is 3. The molecule has 3 amide bonds. The summed E-state index contributed by atoms with van der Waals surface area (Å²) in [4.78, 5) is 37.0. The van der Waals surface area contributed by atoms with E-state index < -0.39 is 11.9 Å². The Bertz CT molecular complexity index is 847. The number of benzene rings is 2. The fraction of sp³-hybridized carbons (Fsp3) is 0.250. The molecule has 0 spiro atoms. The topological polar surface area (TPSA) is 105 Å². The Morgan fingerprint density at radius 2 is 1.67 bits per heavy atom. The van der Waals surface area contributed by atoms with Gasteiger partial charge in [-0.15, -0.1) is 0 Å². The third kappa shape index (κ3) is 4.44. The molecule has 0 bridgehead atoms. The largest absolute Gasteiger partial charge is 0.374 e. The zero-order chi connectivity index (χ0) is 19.4. The lowest BCUT2D eigenvalue weighted by molar-refractivity contribution is -0.117. The summed E-state index contributed by atoms with van der Waals surface area (Å²) in [5.41, 5.74) is 7.83. The number of carbonyl (C=O) groups is 3. The van der Waals surface area contributed by atoms with E-state index in [0.717, 1.165) is 24.3 Å². The highest BCUT2D eigenvalue weighted by Crippen LogP contribution is 2.23. The first-order valence-corrected chi connectivity index (χ1v) is 8.82. The lowest BCUT2D eigenvalue weighted by Gasteiger charge is -2.18. The molecule has 2 aromatic rings. The fourth-order valence-corrected chi connectivity index (χ4v) is 2.94. The van der Waals surface area contributed by atoms with Gasteiger partial charge in [0.1, 0.15) is 6.04 Å². The molecule has 0 saturated carbocycles. The number of nitrogens with two attached hydrogens (primary N) is 1. The van der Waals surface area contributed by atoms with Gasteiger partial charge in [0.15, 0.2) is 0 Å². The Morgan fingerprint density at radius 1 is 1.04 bits per heavy atom. The number of rotatable bonds is 6. The normalized spacial score (nSPS) is 14.7. The van der Waals surface area contributed by atoms with Gasteiger partial charge < -0.3 is 21.3 Å². The summed E-state index contributed by atoms with van der Waals surface area (Å²) in [6.07, 6.45) is 1.48. The van der Waals surface area contributed by atoms with Crippen LogP contribution in [0, 0.1) is 0 Å². The van der Waals surface area contributed by atoms with Crippen LogP contribution in [0.1, 0.15) is 30.1 Å². The second-order valence-electron chi connectivity index (χ2n) is 6.49. The zero-order valence-corrected chi connectivity index (χ0v) is 15.1. The van der Waals surface area contributed by atoms with Crippen molar-refractivity contribution in [3.63, 3.8) is 0 Å². The average Bonchev–Trinajstić information content (AvgIpc) is 3.08. The van der Waals surface area contributed by atoms with Gasteiger partial charge in [-0.25, -0.2) is 0 Å². The first kappa shape index (κ1) is 18.4. The van der Waals surface area contributed by atoms with Crippen molar-refractivity contribution < 1.29 is 14.4 Å². The van der Waals surface area contributed by atoms with Crippen LogP contribution in [-0.4, -0.2) is 30.3 Å². The van der Waals surface area contributed by atoms with Crippen molar-refractivity contribution in [1.82, 2.24) is 0 Å². The summed E-state index contributed by atoms with van der Waals surface area (Å²) in [7, 11) is 0. The second kappa shape index (κ2) is 7.90. The van der Waals surface area contributed by atoms with E-state index in [9.17, 15) is 14.4 Å². The van der Waals surface area contributed by atoms with E-state index in [1.807, 2.05) is 24.3 Å². The predicted octanol–water partition coefficient (Wildman–Crippen LogP) is 2.35. The van der Waals surface area contributed by atoms with Crippen LogP contribution in [0.2, 0.25) is 0 Å². The molecule has 1 saturated heterocycles. The number of hydrogen-bond donors (Lipinski definition) is 3. The molecule has 0 aliphatic carbocycles. The van der Waals surface area contributed by atoms with Crippen LogP contribution in [0.25, 0.3) is 0 Å². The molecule has 0 radical (unpaired) electrons. The van der Waals surface area contributed by atoms with E-state index >= 15 is 0 Å². The molecule has 140 valence electrons. The van der Waals surface area contributed by atoms with Crippen LogP contribution in [-0.2, 0) is 9.59 Å². The van der Waals surface area contributed by atoms with E-state index in [2.05, 4.69) is 10.6 Å². The summed E-state index contributed by atoms with van der Waals surface area (Å²) in [5, 5.41) is 5.91. The van der Waals surface area contributed by atoms with Gasteiger partial charge in [0.2, 0.25) is 17.7 Å². The van der Waals surface area contributed by atoms with Gasteiger partial charge in [0, 0.05) is 35.6 Å². The lowest BCUT2D eigenvalue weighted by atomic mass is 10.2. The quantitative estimate of drug-likeness (QED) is 0.730. The summed E-state index contributed by atoms with van der Waals surface area (Å²) < 4.78 is 0. The number of anilines is 3. The van der Waals surface area contributed by atoms with Gasteiger partial charge in [-0.2, -0.15) is 0 Å².